The maximum atomic E-state index is 12.4. The first-order valence-corrected chi connectivity index (χ1v) is 8.14. The molecule has 122 valence electrons. The van der Waals surface area contributed by atoms with E-state index in [-0.39, 0.29) is 5.91 Å². The number of carbonyl (C=O) groups is 1. The number of amides is 1. The Kier molecular flexibility index (Phi) is 5.80. The molecule has 0 spiro atoms. The van der Waals surface area contributed by atoms with Crippen LogP contribution >= 0.6 is 0 Å². The average molecular weight is 311 g/mol. The van der Waals surface area contributed by atoms with E-state index in [1.807, 2.05) is 44.2 Å². The van der Waals surface area contributed by atoms with Crippen LogP contribution in [0.15, 0.2) is 42.5 Å². The van der Waals surface area contributed by atoms with Crippen LogP contribution in [0.4, 0.5) is 5.69 Å². The molecule has 0 aliphatic carbocycles. The van der Waals surface area contributed by atoms with Crippen LogP contribution in [-0.4, -0.2) is 12.0 Å². The summed E-state index contributed by atoms with van der Waals surface area (Å²) < 4.78 is 5.75. The third kappa shape index (κ3) is 4.59. The number of aryl methyl sites for hydroxylation is 3. The van der Waals surface area contributed by atoms with Gasteiger partial charge in [0, 0.05) is 5.69 Å². The summed E-state index contributed by atoms with van der Waals surface area (Å²) in [5.74, 6) is 0.578. The van der Waals surface area contributed by atoms with Gasteiger partial charge in [0.15, 0.2) is 6.10 Å². The molecule has 0 aliphatic heterocycles. The Morgan fingerprint density at radius 1 is 1.09 bits per heavy atom. The van der Waals surface area contributed by atoms with Gasteiger partial charge in [0.2, 0.25) is 0 Å². The second-order valence-electron chi connectivity index (χ2n) is 5.91. The third-order valence-corrected chi connectivity index (χ3v) is 3.87. The summed E-state index contributed by atoms with van der Waals surface area (Å²) in [5.41, 5.74) is 4.25. The van der Waals surface area contributed by atoms with Crippen molar-refractivity contribution >= 4 is 11.6 Å². The van der Waals surface area contributed by atoms with Crippen molar-refractivity contribution in [1.29, 1.82) is 0 Å². The minimum Gasteiger partial charge on any atom is -0.481 e. The lowest BCUT2D eigenvalue weighted by atomic mass is 10.1. The molecular weight excluding hydrogens is 286 g/mol. The second-order valence-corrected chi connectivity index (χ2v) is 5.91. The number of ether oxygens (including phenoxy) is 1. The third-order valence-electron chi connectivity index (χ3n) is 3.87. The molecule has 2 aromatic carbocycles. The molecule has 1 atom stereocenters. The topological polar surface area (TPSA) is 38.3 Å². The van der Waals surface area contributed by atoms with E-state index in [4.69, 9.17) is 4.74 Å². The molecule has 2 aromatic rings. The van der Waals surface area contributed by atoms with Crippen LogP contribution in [0, 0.1) is 13.8 Å². The number of benzene rings is 2. The van der Waals surface area contributed by atoms with Crippen LogP contribution < -0.4 is 10.1 Å². The van der Waals surface area contributed by atoms with Gasteiger partial charge < -0.3 is 10.1 Å². The van der Waals surface area contributed by atoms with Crippen LogP contribution in [0.2, 0.25) is 0 Å². The number of hydrogen-bond donors (Lipinski definition) is 1. The Balaban J connectivity index is 1.99. The number of nitrogens with one attached hydrogen (secondary N) is 1. The van der Waals surface area contributed by atoms with E-state index in [9.17, 15) is 4.79 Å². The molecule has 0 fully saturated rings. The first-order chi connectivity index (χ1) is 11.0. The Morgan fingerprint density at radius 3 is 2.26 bits per heavy atom. The van der Waals surface area contributed by atoms with Crippen molar-refractivity contribution in [2.75, 3.05) is 5.32 Å². The van der Waals surface area contributed by atoms with Crippen LogP contribution in [0.25, 0.3) is 0 Å². The number of para-hydroxylation sites is 1. The van der Waals surface area contributed by atoms with Gasteiger partial charge in [-0.1, -0.05) is 43.7 Å². The van der Waals surface area contributed by atoms with Crippen LogP contribution in [0.3, 0.4) is 0 Å². The van der Waals surface area contributed by atoms with Crippen molar-refractivity contribution < 1.29 is 9.53 Å². The maximum absolute atomic E-state index is 12.4. The molecular formula is C20H25NO2. The Labute approximate surface area is 138 Å². The van der Waals surface area contributed by atoms with Gasteiger partial charge in [-0.05, 0) is 56.0 Å². The zero-order valence-corrected chi connectivity index (χ0v) is 14.3. The Bertz CT molecular complexity index is 642. The van der Waals surface area contributed by atoms with Gasteiger partial charge in [-0.2, -0.15) is 0 Å². The van der Waals surface area contributed by atoms with E-state index in [1.54, 1.807) is 6.92 Å². The minimum absolute atomic E-state index is 0.139. The van der Waals surface area contributed by atoms with E-state index in [0.29, 0.717) is 5.75 Å². The average Bonchev–Trinajstić information content (AvgIpc) is 2.53. The van der Waals surface area contributed by atoms with E-state index in [2.05, 4.69) is 24.4 Å². The van der Waals surface area contributed by atoms with Gasteiger partial charge in [-0.25, -0.2) is 0 Å². The molecule has 2 rings (SSSR count). The summed E-state index contributed by atoms with van der Waals surface area (Å²) in [6.07, 6.45) is 1.63. The summed E-state index contributed by atoms with van der Waals surface area (Å²) in [5, 5.41) is 2.97. The van der Waals surface area contributed by atoms with Crippen molar-refractivity contribution in [2.45, 2.75) is 46.6 Å². The fraction of sp³-hybridized carbons (Fsp3) is 0.350. The highest BCUT2D eigenvalue weighted by atomic mass is 16.5. The molecule has 23 heavy (non-hydrogen) atoms. The van der Waals surface area contributed by atoms with E-state index >= 15 is 0 Å². The summed E-state index contributed by atoms with van der Waals surface area (Å²) in [6, 6.07) is 13.9. The molecule has 1 amide bonds. The molecule has 1 unspecified atom stereocenters. The Morgan fingerprint density at radius 2 is 1.70 bits per heavy atom. The molecule has 0 saturated carbocycles. The van der Waals surface area contributed by atoms with Gasteiger partial charge in [0.05, 0.1) is 0 Å². The zero-order valence-electron chi connectivity index (χ0n) is 14.3. The largest absolute Gasteiger partial charge is 0.481 e. The van der Waals surface area contributed by atoms with Gasteiger partial charge in [-0.3, -0.25) is 4.79 Å². The predicted octanol–water partition coefficient (Wildman–Crippen LogP) is 4.66. The summed E-state index contributed by atoms with van der Waals surface area (Å²) in [7, 11) is 0. The summed E-state index contributed by atoms with van der Waals surface area (Å²) >= 11 is 0. The minimum atomic E-state index is -0.550. The quantitative estimate of drug-likeness (QED) is 0.842. The zero-order chi connectivity index (χ0) is 16.8. The molecule has 0 aromatic heterocycles. The van der Waals surface area contributed by atoms with E-state index < -0.39 is 6.10 Å². The predicted molar refractivity (Wildman–Crippen MR) is 95.1 cm³/mol. The molecule has 0 heterocycles. The SMILES string of the molecule is CCCc1ccc(OC(C)C(=O)Nc2c(C)cccc2C)cc1. The first-order valence-electron chi connectivity index (χ1n) is 8.14. The maximum Gasteiger partial charge on any atom is 0.265 e. The van der Waals surface area contributed by atoms with Crippen molar-refractivity contribution in [2.24, 2.45) is 0 Å². The van der Waals surface area contributed by atoms with Gasteiger partial charge in [-0.15, -0.1) is 0 Å². The normalized spacial score (nSPS) is 11.8. The van der Waals surface area contributed by atoms with Crippen molar-refractivity contribution in [3.8, 4) is 5.75 Å². The fourth-order valence-electron chi connectivity index (χ4n) is 2.52. The molecule has 3 heteroatoms. The van der Waals surface area contributed by atoms with Crippen molar-refractivity contribution in [1.82, 2.24) is 0 Å². The lowest BCUT2D eigenvalue weighted by Gasteiger charge is -2.17. The van der Waals surface area contributed by atoms with Gasteiger partial charge in [0.25, 0.3) is 5.91 Å². The van der Waals surface area contributed by atoms with E-state index in [0.717, 1.165) is 29.7 Å². The number of carbonyl (C=O) groups excluding carboxylic acids is 1. The van der Waals surface area contributed by atoms with E-state index in [1.165, 1.54) is 5.56 Å². The molecule has 0 saturated heterocycles. The van der Waals surface area contributed by atoms with Crippen molar-refractivity contribution in [3.05, 3.63) is 59.2 Å². The standard InChI is InChI=1S/C20H25NO2/c1-5-7-17-10-12-18(13-11-17)23-16(4)20(22)21-19-14(2)8-6-9-15(19)3/h6,8-13,16H,5,7H2,1-4H3,(H,21,22). The number of rotatable bonds is 6. The highest BCUT2D eigenvalue weighted by Crippen LogP contribution is 2.20. The van der Waals surface area contributed by atoms with Crippen LogP contribution in [-0.2, 0) is 11.2 Å². The second kappa shape index (κ2) is 7.82. The summed E-state index contributed by atoms with van der Waals surface area (Å²) in [6.45, 7) is 7.90. The molecule has 0 bridgehead atoms. The lowest BCUT2D eigenvalue weighted by molar-refractivity contribution is -0.122. The fourth-order valence-corrected chi connectivity index (χ4v) is 2.52. The van der Waals surface area contributed by atoms with Crippen LogP contribution in [0.5, 0.6) is 5.75 Å². The van der Waals surface area contributed by atoms with Gasteiger partial charge >= 0.3 is 0 Å². The highest BCUT2D eigenvalue weighted by molar-refractivity contribution is 5.95. The lowest BCUT2D eigenvalue weighted by Crippen LogP contribution is -2.30. The number of anilines is 1. The monoisotopic (exact) mass is 311 g/mol. The summed E-state index contributed by atoms with van der Waals surface area (Å²) in [4.78, 5) is 12.4. The van der Waals surface area contributed by atoms with Crippen molar-refractivity contribution in [3.63, 3.8) is 0 Å². The highest BCUT2D eigenvalue weighted by Gasteiger charge is 2.16. The molecule has 0 aliphatic rings. The van der Waals surface area contributed by atoms with Crippen LogP contribution in [0.1, 0.15) is 37.0 Å². The smallest absolute Gasteiger partial charge is 0.265 e. The first kappa shape index (κ1) is 17.1. The number of hydrogen-bond acceptors (Lipinski definition) is 2. The Hall–Kier alpha value is -2.29. The molecule has 1 N–H and O–H groups in total. The molecule has 0 radical (unpaired) electrons. The van der Waals surface area contributed by atoms with Gasteiger partial charge in [0.1, 0.15) is 5.75 Å². The molecule has 3 nitrogen and oxygen atoms in total.